The van der Waals surface area contributed by atoms with E-state index in [-0.39, 0.29) is 6.10 Å². The minimum Gasteiger partial charge on any atom is -0.491 e. The van der Waals surface area contributed by atoms with Crippen LogP contribution < -0.4 is 9.47 Å². The Balaban J connectivity index is 1.03. The molecule has 0 bridgehead atoms. The van der Waals surface area contributed by atoms with Crippen molar-refractivity contribution in [3.63, 3.8) is 0 Å². The molecule has 9 nitrogen and oxygen atoms in total. The van der Waals surface area contributed by atoms with Gasteiger partial charge in [0.2, 0.25) is 0 Å². The summed E-state index contributed by atoms with van der Waals surface area (Å²) in [6, 6.07) is 30.8. The maximum atomic E-state index is 5.93. The average molecular weight is 493 g/mol. The van der Waals surface area contributed by atoms with Crippen molar-refractivity contribution >= 4 is 22.1 Å². The van der Waals surface area contributed by atoms with Gasteiger partial charge in [0.25, 0.3) is 0 Å². The molecule has 0 saturated heterocycles. The topological polar surface area (TPSA) is 89.1 Å². The Hall–Kier alpha value is -4.76. The minimum atomic E-state index is -0.240. The monoisotopic (exact) mass is 492 g/mol. The molecule has 4 aromatic carbocycles. The molecule has 9 heteroatoms. The zero-order chi connectivity index (χ0) is 25.0. The van der Waals surface area contributed by atoms with E-state index in [1.165, 1.54) is 0 Å². The summed E-state index contributed by atoms with van der Waals surface area (Å²) in [5, 5.41) is 18.0. The van der Waals surface area contributed by atoms with Crippen molar-refractivity contribution in [2.45, 2.75) is 6.10 Å². The summed E-state index contributed by atoms with van der Waals surface area (Å²) < 4.78 is 17.4. The van der Waals surface area contributed by atoms with Gasteiger partial charge in [0.1, 0.15) is 52.9 Å². The van der Waals surface area contributed by atoms with Crippen molar-refractivity contribution < 1.29 is 14.2 Å². The highest BCUT2D eigenvalue weighted by Gasteiger charge is 2.11. The zero-order valence-electron chi connectivity index (χ0n) is 20.1. The Bertz CT molecular complexity index is 1440. The largest absolute Gasteiger partial charge is 0.491 e. The van der Waals surface area contributed by atoms with Crippen LogP contribution in [-0.2, 0) is 4.74 Å². The number of methoxy groups -OCH3 is 1. The summed E-state index contributed by atoms with van der Waals surface area (Å²) in [5.74, 6) is 1.46. The number of rotatable bonds is 9. The van der Waals surface area contributed by atoms with Gasteiger partial charge in [0.05, 0.1) is 11.4 Å². The first-order chi connectivity index (χ1) is 18.2. The van der Waals surface area contributed by atoms with Gasteiger partial charge in [0.15, 0.2) is 0 Å². The lowest BCUT2D eigenvalue weighted by molar-refractivity contribution is 0.0237. The number of hydrogen-bond donors (Lipinski definition) is 0. The van der Waals surface area contributed by atoms with E-state index in [1.54, 1.807) is 16.7 Å². The van der Waals surface area contributed by atoms with Gasteiger partial charge in [-0.15, -0.1) is 20.4 Å². The van der Waals surface area contributed by atoms with E-state index in [9.17, 15) is 0 Å². The third kappa shape index (κ3) is 4.98. The second-order valence-electron chi connectivity index (χ2n) is 8.42. The first-order valence-electron chi connectivity index (χ1n) is 11.9. The SMILES string of the molecule is COC(COc1ccc(-n2nc3ccccc3n2)cc1)COc1ccc(-n2nc3ccccc3n2)cc1. The highest BCUT2D eigenvalue weighted by molar-refractivity contribution is 5.74. The molecule has 184 valence electrons. The fraction of sp³-hybridized carbons (Fsp3) is 0.143. The Morgan fingerprint density at radius 3 is 1.22 bits per heavy atom. The zero-order valence-corrected chi connectivity index (χ0v) is 20.1. The third-order valence-electron chi connectivity index (χ3n) is 5.91. The predicted octanol–water partition coefficient (Wildman–Crippen LogP) is 4.63. The Morgan fingerprint density at radius 2 is 0.892 bits per heavy atom. The summed E-state index contributed by atoms with van der Waals surface area (Å²) in [6.07, 6.45) is -0.240. The maximum absolute atomic E-state index is 5.93. The van der Waals surface area contributed by atoms with Crippen molar-refractivity contribution in [3.05, 3.63) is 97.1 Å². The van der Waals surface area contributed by atoms with Crippen LogP contribution in [0.3, 0.4) is 0 Å². The van der Waals surface area contributed by atoms with Crippen molar-refractivity contribution in [1.82, 2.24) is 30.0 Å². The van der Waals surface area contributed by atoms with Crippen LogP contribution in [0.5, 0.6) is 11.5 Å². The predicted molar refractivity (Wildman–Crippen MR) is 140 cm³/mol. The number of nitrogens with zero attached hydrogens (tertiary/aromatic N) is 6. The van der Waals surface area contributed by atoms with Crippen LogP contribution in [0.1, 0.15) is 0 Å². The average Bonchev–Trinajstić information content (AvgIpc) is 3.58. The summed E-state index contributed by atoms with van der Waals surface area (Å²) in [6.45, 7) is 0.698. The normalized spacial score (nSPS) is 11.4. The highest BCUT2D eigenvalue weighted by atomic mass is 16.6. The number of fused-ring (bicyclic) bond motifs is 2. The van der Waals surface area contributed by atoms with Crippen LogP contribution in [0.4, 0.5) is 0 Å². The van der Waals surface area contributed by atoms with E-state index >= 15 is 0 Å². The van der Waals surface area contributed by atoms with Crippen molar-refractivity contribution in [2.24, 2.45) is 0 Å². The Kier molecular flexibility index (Phi) is 6.18. The molecule has 0 aliphatic heterocycles. The Morgan fingerprint density at radius 1 is 0.541 bits per heavy atom. The molecule has 0 aliphatic rings. The summed E-state index contributed by atoms with van der Waals surface area (Å²) in [7, 11) is 1.64. The van der Waals surface area contributed by atoms with Crippen molar-refractivity contribution in [2.75, 3.05) is 20.3 Å². The summed E-state index contributed by atoms with van der Waals surface area (Å²) >= 11 is 0. The Labute approximate surface area is 212 Å². The molecular weight excluding hydrogens is 468 g/mol. The fourth-order valence-electron chi connectivity index (χ4n) is 3.86. The van der Waals surface area contributed by atoms with Crippen LogP contribution in [0.15, 0.2) is 97.1 Å². The van der Waals surface area contributed by atoms with Gasteiger partial charge in [-0.3, -0.25) is 0 Å². The molecule has 2 aromatic heterocycles. The lowest BCUT2D eigenvalue weighted by Gasteiger charge is -2.17. The molecule has 0 atom stereocenters. The van der Waals surface area contributed by atoms with Crippen LogP contribution in [0, 0.1) is 0 Å². The van der Waals surface area contributed by atoms with Gasteiger partial charge in [-0.1, -0.05) is 24.3 Å². The number of hydrogen-bond acceptors (Lipinski definition) is 7. The van der Waals surface area contributed by atoms with Crippen LogP contribution in [-0.4, -0.2) is 56.4 Å². The standard InChI is InChI=1S/C28H24N6O3/c1-35-24(18-36-22-14-10-20(11-15-22)33-29-25-6-2-3-7-26(25)30-33)19-37-23-16-12-21(13-17-23)34-31-27-8-4-5-9-28(27)32-34/h2-17,24H,18-19H2,1H3. The first-order valence-corrected chi connectivity index (χ1v) is 11.9. The number of benzene rings is 4. The molecule has 0 aliphatic carbocycles. The second kappa shape index (κ2) is 10.1. The summed E-state index contributed by atoms with van der Waals surface area (Å²) in [4.78, 5) is 3.24. The number of aromatic nitrogens is 6. The molecule has 0 radical (unpaired) electrons. The third-order valence-corrected chi connectivity index (χ3v) is 5.91. The quantitative estimate of drug-likeness (QED) is 0.291. The van der Waals surface area contributed by atoms with E-state index in [4.69, 9.17) is 14.2 Å². The van der Waals surface area contributed by atoms with Gasteiger partial charge in [-0.05, 0) is 72.8 Å². The molecule has 0 spiro atoms. The molecular formula is C28H24N6O3. The molecule has 37 heavy (non-hydrogen) atoms. The number of ether oxygens (including phenoxy) is 3. The molecule has 6 aromatic rings. The van der Waals surface area contributed by atoms with E-state index in [0.29, 0.717) is 13.2 Å². The second-order valence-corrected chi connectivity index (χ2v) is 8.42. The van der Waals surface area contributed by atoms with E-state index < -0.39 is 0 Å². The van der Waals surface area contributed by atoms with Gasteiger partial charge in [-0.25, -0.2) is 0 Å². The van der Waals surface area contributed by atoms with E-state index in [2.05, 4.69) is 20.4 Å². The van der Waals surface area contributed by atoms with Crippen LogP contribution >= 0.6 is 0 Å². The van der Waals surface area contributed by atoms with Crippen LogP contribution in [0.25, 0.3) is 33.4 Å². The molecule has 0 saturated carbocycles. The first kappa shape index (κ1) is 22.7. The highest BCUT2D eigenvalue weighted by Crippen LogP contribution is 2.19. The van der Waals surface area contributed by atoms with Gasteiger partial charge < -0.3 is 14.2 Å². The van der Waals surface area contributed by atoms with Gasteiger partial charge in [0, 0.05) is 7.11 Å². The molecule has 0 fully saturated rings. The van der Waals surface area contributed by atoms with Gasteiger partial charge >= 0.3 is 0 Å². The van der Waals surface area contributed by atoms with Gasteiger partial charge in [-0.2, -0.15) is 9.59 Å². The van der Waals surface area contributed by atoms with Crippen molar-refractivity contribution in [1.29, 1.82) is 0 Å². The molecule has 6 rings (SSSR count). The molecule has 0 unspecified atom stereocenters. The molecule has 2 heterocycles. The van der Waals surface area contributed by atoms with Crippen molar-refractivity contribution in [3.8, 4) is 22.9 Å². The molecule has 0 N–H and O–H groups in total. The summed E-state index contributed by atoms with van der Waals surface area (Å²) in [5.41, 5.74) is 5.13. The smallest absolute Gasteiger partial charge is 0.125 e. The lowest BCUT2D eigenvalue weighted by atomic mass is 10.3. The lowest BCUT2D eigenvalue weighted by Crippen LogP contribution is -2.27. The van der Waals surface area contributed by atoms with E-state index in [1.807, 2.05) is 97.1 Å². The fourth-order valence-corrected chi connectivity index (χ4v) is 3.86. The minimum absolute atomic E-state index is 0.240. The molecule has 0 amide bonds. The maximum Gasteiger partial charge on any atom is 0.125 e. The van der Waals surface area contributed by atoms with E-state index in [0.717, 1.165) is 44.9 Å². The van der Waals surface area contributed by atoms with Crippen LogP contribution in [0.2, 0.25) is 0 Å².